The van der Waals surface area contributed by atoms with Crippen molar-refractivity contribution in [1.82, 2.24) is 0 Å². The molecule has 2 rings (SSSR count). The summed E-state index contributed by atoms with van der Waals surface area (Å²) in [6.45, 7) is 0. The number of methoxy groups -OCH3 is 1. The summed E-state index contributed by atoms with van der Waals surface area (Å²) in [6.07, 6.45) is 2.82. The predicted octanol–water partition coefficient (Wildman–Crippen LogP) is 2.18. The van der Waals surface area contributed by atoms with Crippen molar-refractivity contribution in [2.45, 2.75) is 6.42 Å². The highest BCUT2D eigenvalue weighted by molar-refractivity contribution is 5.84. The van der Waals surface area contributed by atoms with Crippen molar-refractivity contribution < 1.29 is 13.9 Å². The summed E-state index contributed by atoms with van der Waals surface area (Å²) in [6, 6.07) is 5.56. The summed E-state index contributed by atoms with van der Waals surface area (Å²) >= 11 is 0. The van der Waals surface area contributed by atoms with E-state index in [0.717, 1.165) is 28.6 Å². The Labute approximate surface area is 81.3 Å². The molecule has 0 fully saturated rings. The van der Waals surface area contributed by atoms with Gasteiger partial charge in [-0.1, -0.05) is 0 Å². The Morgan fingerprint density at radius 3 is 3.07 bits per heavy atom. The van der Waals surface area contributed by atoms with Gasteiger partial charge in [-0.3, -0.25) is 0 Å². The number of rotatable bonds is 3. The average molecular weight is 190 g/mol. The Hall–Kier alpha value is -1.77. The number of fused-ring (bicyclic) bond motifs is 1. The van der Waals surface area contributed by atoms with Gasteiger partial charge in [-0.25, -0.2) is 0 Å². The molecule has 0 aliphatic heterocycles. The van der Waals surface area contributed by atoms with E-state index in [4.69, 9.17) is 9.15 Å². The molecule has 0 atom stereocenters. The molecule has 0 saturated heterocycles. The standard InChI is InChI=1S/C11H10O3/c1-13-10-6-8(2-4-12)11-9(7-10)3-5-14-11/h3-7H,2H2,1H3. The van der Waals surface area contributed by atoms with Crippen LogP contribution in [0.2, 0.25) is 0 Å². The highest BCUT2D eigenvalue weighted by Crippen LogP contribution is 2.26. The number of hydrogen-bond acceptors (Lipinski definition) is 3. The van der Waals surface area contributed by atoms with Crippen LogP contribution in [0.15, 0.2) is 28.9 Å². The maximum absolute atomic E-state index is 10.5. The first kappa shape index (κ1) is 8.81. The van der Waals surface area contributed by atoms with Crippen LogP contribution in [0.1, 0.15) is 5.56 Å². The van der Waals surface area contributed by atoms with Crippen molar-refractivity contribution in [2.75, 3.05) is 7.11 Å². The number of ether oxygens (including phenoxy) is 1. The molecule has 0 bridgehead atoms. The lowest BCUT2D eigenvalue weighted by molar-refractivity contribution is -0.107. The summed E-state index contributed by atoms with van der Waals surface area (Å²) in [5.74, 6) is 0.746. The molecule has 72 valence electrons. The number of hydrogen-bond donors (Lipinski definition) is 0. The summed E-state index contributed by atoms with van der Waals surface area (Å²) in [5, 5.41) is 0.959. The van der Waals surface area contributed by atoms with Gasteiger partial charge in [0.1, 0.15) is 17.6 Å². The average Bonchev–Trinajstić information content (AvgIpc) is 2.66. The van der Waals surface area contributed by atoms with Crippen LogP contribution in [0.3, 0.4) is 0 Å². The molecule has 0 N–H and O–H groups in total. The zero-order chi connectivity index (χ0) is 9.97. The van der Waals surface area contributed by atoms with Gasteiger partial charge in [-0.2, -0.15) is 0 Å². The van der Waals surface area contributed by atoms with Crippen LogP contribution in [0.4, 0.5) is 0 Å². The van der Waals surface area contributed by atoms with Crippen LogP contribution in [0, 0.1) is 0 Å². The summed E-state index contributed by atoms with van der Waals surface area (Å²) in [7, 11) is 1.60. The predicted molar refractivity (Wildman–Crippen MR) is 52.5 cm³/mol. The fourth-order valence-corrected chi connectivity index (χ4v) is 1.49. The van der Waals surface area contributed by atoms with E-state index in [1.54, 1.807) is 13.4 Å². The SMILES string of the molecule is COc1cc(CC=O)c2occc2c1. The lowest BCUT2D eigenvalue weighted by Crippen LogP contribution is -1.89. The highest BCUT2D eigenvalue weighted by Gasteiger charge is 2.06. The zero-order valence-corrected chi connectivity index (χ0v) is 7.82. The number of furan rings is 1. The van der Waals surface area contributed by atoms with Gasteiger partial charge < -0.3 is 13.9 Å². The molecule has 0 unspecified atom stereocenters. The molecule has 0 spiro atoms. The van der Waals surface area contributed by atoms with E-state index in [1.807, 2.05) is 18.2 Å². The van der Waals surface area contributed by atoms with Gasteiger partial charge in [-0.15, -0.1) is 0 Å². The molecule has 0 aliphatic rings. The Kier molecular flexibility index (Phi) is 2.23. The maximum Gasteiger partial charge on any atom is 0.137 e. The van der Waals surface area contributed by atoms with Crippen molar-refractivity contribution >= 4 is 17.3 Å². The fourth-order valence-electron chi connectivity index (χ4n) is 1.49. The van der Waals surface area contributed by atoms with Crippen LogP contribution >= 0.6 is 0 Å². The van der Waals surface area contributed by atoms with Gasteiger partial charge in [0.25, 0.3) is 0 Å². The Bertz CT molecular complexity index is 457. The second kappa shape index (κ2) is 3.54. The van der Waals surface area contributed by atoms with E-state index >= 15 is 0 Å². The van der Waals surface area contributed by atoms with Crippen molar-refractivity contribution in [3.63, 3.8) is 0 Å². The quantitative estimate of drug-likeness (QED) is 0.696. The van der Waals surface area contributed by atoms with E-state index < -0.39 is 0 Å². The molecular weight excluding hydrogens is 180 g/mol. The first-order valence-electron chi connectivity index (χ1n) is 4.33. The molecule has 1 aromatic carbocycles. The molecule has 1 heterocycles. The van der Waals surface area contributed by atoms with Crippen LogP contribution in [-0.4, -0.2) is 13.4 Å². The first-order valence-corrected chi connectivity index (χ1v) is 4.33. The molecular formula is C11H10O3. The largest absolute Gasteiger partial charge is 0.497 e. The molecule has 0 amide bonds. The number of carbonyl (C=O) groups excluding carboxylic acids is 1. The summed E-state index contributed by atoms with van der Waals surface area (Å²) in [4.78, 5) is 10.5. The second-order valence-corrected chi connectivity index (χ2v) is 3.00. The topological polar surface area (TPSA) is 39.4 Å². The van der Waals surface area contributed by atoms with Gasteiger partial charge in [0.05, 0.1) is 13.4 Å². The Balaban J connectivity index is 2.63. The van der Waals surface area contributed by atoms with Gasteiger partial charge in [0.2, 0.25) is 0 Å². The Morgan fingerprint density at radius 2 is 2.36 bits per heavy atom. The first-order chi connectivity index (χ1) is 6.85. The minimum atomic E-state index is 0.348. The minimum absolute atomic E-state index is 0.348. The molecule has 3 heteroatoms. The molecule has 0 radical (unpaired) electrons. The maximum atomic E-state index is 10.5. The van der Waals surface area contributed by atoms with Crippen LogP contribution in [0.5, 0.6) is 5.75 Å². The van der Waals surface area contributed by atoms with Gasteiger partial charge in [0.15, 0.2) is 0 Å². The summed E-state index contributed by atoms with van der Waals surface area (Å²) in [5.41, 5.74) is 1.62. The molecule has 0 saturated carbocycles. The van der Waals surface area contributed by atoms with E-state index in [2.05, 4.69) is 0 Å². The minimum Gasteiger partial charge on any atom is -0.497 e. The van der Waals surface area contributed by atoms with E-state index in [-0.39, 0.29) is 0 Å². The third-order valence-corrected chi connectivity index (χ3v) is 2.14. The summed E-state index contributed by atoms with van der Waals surface area (Å²) < 4.78 is 10.4. The molecule has 2 aromatic rings. The molecule has 3 nitrogen and oxygen atoms in total. The van der Waals surface area contributed by atoms with Gasteiger partial charge in [-0.05, 0) is 18.2 Å². The Morgan fingerprint density at radius 1 is 1.50 bits per heavy atom. The fraction of sp³-hybridized carbons (Fsp3) is 0.182. The van der Waals surface area contributed by atoms with Crippen molar-refractivity contribution in [1.29, 1.82) is 0 Å². The van der Waals surface area contributed by atoms with Gasteiger partial charge in [0, 0.05) is 17.4 Å². The van der Waals surface area contributed by atoms with Crippen molar-refractivity contribution in [2.24, 2.45) is 0 Å². The number of carbonyl (C=O) groups is 1. The molecule has 14 heavy (non-hydrogen) atoms. The highest BCUT2D eigenvalue weighted by atomic mass is 16.5. The third-order valence-electron chi connectivity index (χ3n) is 2.14. The van der Waals surface area contributed by atoms with Crippen LogP contribution in [0.25, 0.3) is 11.0 Å². The van der Waals surface area contributed by atoms with Gasteiger partial charge >= 0.3 is 0 Å². The second-order valence-electron chi connectivity index (χ2n) is 3.00. The van der Waals surface area contributed by atoms with E-state index in [0.29, 0.717) is 6.42 Å². The monoisotopic (exact) mass is 190 g/mol. The molecule has 1 aromatic heterocycles. The third kappa shape index (κ3) is 1.37. The van der Waals surface area contributed by atoms with Crippen molar-refractivity contribution in [3.05, 3.63) is 30.0 Å². The van der Waals surface area contributed by atoms with E-state index in [1.165, 1.54) is 0 Å². The zero-order valence-electron chi connectivity index (χ0n) is 7.82. The smallest absolute Gasteiger partial charge is 0.137 e. The lowest BCUT2D eigenvalue weighted by Gasteiger charge is -2.02. The number of aldehydes is 1. The van der Waals surface area contributed by atoms with Crippen molar-refractivity contribution in [3.8, 4) is 5.75 Å². The lowest BCUT2D eigenvalue weighted by atomic mass is 10.1. The van der Waals surface area contributed by atoms with Crippen LogP contribution < -0.4 is 4.74 Å². The van der Waals surface area contributed by atoms with Crippen LogP contribution in [-0.2, 0) is 11.2 Å². The number of benzene rings is 1. The van der Waals surface area contributed by atoms with E-state index in [9.17, 15) is 4.79 Å². The normalized spacial score (nSPS) is 10.4. The molecule has 0 aliphatic carbocycles.